The number of carbonyl (C=O) groups is 1. The van der Waals surface area contributed by atoms with Crippen LogP contribution in [0.25, 0.3) is 11.0 Å². The number of carboxylic acid groups (broad SMARTS) is 1. The van der Waals surface area contributed by atoms with E-state index in [1.807, 2.05) is 25.2 Å². The normalized spacial score (nSPS) is 19.8. The average Bonchev–Trinajstić information content (AvgIpc) is 3.02. The Morgan fingerprint density at radius 3 is 3.00 bits per heavy atom. The fourth-order valence-electron chi connectivity index (χ4n) is 3.04. The SMILES string of the molecule is Cn1c(CCN2CCC[C@@H]2C(=O)O)nc2ccccc21. The maximum Gasteiger partial charge on any atom is 0.320 e. The Kier molecular flexibility index (Phi) is 3.44. The van der Waals surface area contributed by atoms with Crippen LogP contribution in [0.4, 0.5) is 0 Å². The number of imidazole rings is 1. The van der Waals surface area contributed by atoms with Crippen LogP contribution in [0.15, 0.2) is 24.3 Å². The standard InChI is InChI=1S/C15H19N3O2/c1-17-12-6-3-2-5-11(12)16-14(17)8-10-18-9-4-7-13(18)15(19)20/h2-3,5-6,13H,4,7-10H2,1H3,(H,19,20)/t13-/m1/s1. The molecule has 1 fully saturated rings. The zero-order valence-electron chi connectivity index (χ0n) is 11.6. The number of likely N-dealkylation sites (tertiary alicyclic amines) is 1. The minimum Gasteiger partial charge on any atom is -0.480 e. The molecule has 0 spiro atoms. The summed E-state index contributed by atoms with van der Waals surface area (Å²) in [6.45, 7) is 1.63. The van der Waals surface area contributed by atoms with Gasteiger partial charge in [0, 0.05) is 20.0 Å². The lowest BCUT2D eigenvalue weighted by Gasteiger charge is -2.20. The summed E-state index contributed by atoms with van der Waals surface area (Å²) in [4.78, 5) is 17.9. The first kappa shape index (κ1) is 13.1. The van der Waals surface area contributed by atoms with Crippen molar-refractivity contribution in [2.24, 2.45) is 7.05 Å². The molecule has 0 saturated carbocycles. The van der Waals surface area contributed by atoms with Crippen molar-refractivity contribution >= 4 is 17.0 Å². The number of hydrogen-bond donors (Lipinski definition) is 1. The highest BCUT2D eigenvalue weighted by Gasteiger charge is 2.30. The molecule has 5 nitrogen and oxygen atoms in total. The highest BCUT2D eigenvalue weighted by molar-refractivity contribution is 5.75. The van der Waals surface area contributed by atoms with Crippen LogP contribution in [0.3, 0.4) is 0 Å². The Balaban J connectivity index is 1.74. The third-order valence-electron chi connectivity index (χ3n) is 4.15. The molecule has 106 valence electrons. The van der Waals surface area contributed by atoms with E-state index < -0.39 is 5.97 Å². The quantitative estimate of drug-likeness (QED) is 0.920. The monoisotopic (exact) mass is 273 g/mol. The number of rotatable bonds is 4. The summed E-state index contributed by atoms with van der Waals surface area (Å²) in [5.74, 6) is 0.315. The zero-order valence-corrected chi connectivity index (χ0v) is 11.6. The van der Waals surface area contributed by atoms with Crippen molar-refractivity contribution in [3.8, 4) is 0 Å². The summed E-state index contributed by atoms with van der Waals surface area (Å²) >= 11 is 0. The summed E-state index contributed by atoms with van der Waals surface area (Å²) < 4.78 is 2.10. The first-order valence-electron chi connectivity index (χ1n) is 7.04. The van der Waals surface area contributed by atoms with E-state index in [2.05, 4.69) is 20.5 Å². The second kappa shape index (κ2) is 5.25. The number of aromatic nitrogens is 2. The van der Waals surface area contributed by atoms with E-state index in [4.69, 9.17) is 0 Å². The molecule has 1 aliphatic heterocycles. The van der Waals surface area contributed by atoms with Crippen LogP contribution in [0.1, 0.15) is 18.7 Å². The minimum atomic E-state index is -0.701. The summed E-state index contributed by atoms with van der Waals surface area (Å²) in [7, 11) is 2.02. The average molecular weight is 273 g/mol. The predicted molar refractivity (Wildman–Crippen MR) is 76.6 cm³/mol. The topological polar surface area (TPSA) is 58.4 Å². The van der Waals surface area contributed by atoms with Gasteiger partial charge in [-0.2, -0.15) is 0 Å². The molecule has 1 atom stereocenters. The molecule has 0 radical (unpaired) electrons. The number of para-hydroxylation sites is 2. The number of aliphatic carboxylic acids is 1. The van der Waals surface area contributed by atoms with Gasteiger partial charge in [0.05, 0.1) is 11.0 Å². The molecule has 2 aromatic rings. The van der Waals surface area contributed by atoms with Gasteiger partial charge in [0.15, 0.2) is 0 Å². The van der Waals surface area contributed by atoms with E-state index in [0.29, 0.717) is 0 Å². The Bertz CT molecular complexity index is 635. The van der Waals surface area contributed by atoms with Crippen LogP contribution in [-0.2, 0) is 18.3 Å². The second-order valence-corrected chi connectivity index (χ2v) is 5.36. The van der Waals surface area contributed by atoms with Gasteiger partial charge in [-0.05, 0) is 31.5 Å². The van der Waals surface area contributed by atoms with Crippen molar-refractivity contribution < 1.29 is 9.90 Å². The van der Waals surface area contributed by atoms with E-state index in [1.54, 1.807) is 0 Å². The molecule has 20 heavy (non-hydrogen) atoms. The van der Waals surface area contributed by atoms with E-state index >= 15 is 0 Å². The number of nitrogens with zero attached hydrogens (tertiary/aromatic N) is 3. The number of fused-ring (bicyclic) bond motifs is 1. The molecular formula is C15H19N3O2. The Labute approximate surface area is 117 Å². The molecule has 1 aromatic carbocycles. The second-order valence-electron chi connectivity index (χ2n) is 5.36. The molecular weight excluding hydrogens is 254 g/mol. The lowest BCUT2D eigenvalue weighted by molar-refractivity contribution is -0.142. The van der Waals surface area contributed by atoms with Crippen LogP contribution in [0, 0.1) is 0 Å². The van der Waals surface area contributed by atoms with Crippen molar-refractivity contribution in [2.45, 2.75) is 25.3 Å². The fraction of sp³-hybridized carbons (Fsp3) is 0.467. The fourth-order valence-corrected chi connectivity index (χ4v) is 3.04. The van der Waals surface area contributed by atoms with Crippen molar-refractivity contribution in [3.63, 3.8) is 0 Å². The molecule has 1 aromatic heterocycles. The summed E-state index contributed by atoms with van der Waals surface area (Å²) in [6, 6.07) is 7.75. The first-order valence-corrected chi connectivity index (χ1v) is 7.04. The van der Waals surface area contributed by atoms with E-state index in [-0.39, 0.29) is 6.04 Å². The van der Waals surface area contributed by atoms with Gasteiger partial charge in [-0.25, -0.2) is 4.98 Å². The van der Waals surface area contributed by atoms with Crippen molar-refractivity contribution in [3.05, 3.63) is 30.1 Å². The maximum atomic E-state index is 11.2. The van der Waals surface area contributed by atoms with Crippen LogP contribution in [-0.4, -0.2) is 44.7 Å². The van der Waals surface area contributed by atoms with Crippen molar-refractivity contribution in [1.29, 1.82) is 0 Å². The summed E-state index contributed by atoms with van der Waals surface area (Å²) in [6.07, 6.45) is 2.52. The first-order chi connectivity index (χ1) is 9.66. The highest BCUT2D eigenvalue weighted by atomic mass is 16.4. The van der Waals surface area contributed by atoms with Gasteiger partial charge in [-0.1, -0.05) is 12.1 Å². The highest BCUT2D eigenvalue weighted by Crippen LogP contribution is 2.19. The minimum absolute atomic E-state index is 0.315. The number of hydrogen-bond acceptors (Lipinski definition) is 3. The zero-order chi connectivity index (χ0) is 14.1. The van der Waals surface area contributed by atoms with Gasteiger partial charge in [-0.15, -0.1) is 0 Å². The molecule has 0 unspecified atom stereocenters. The van der Waals surface area contributed by atoms with Crippen LogP contribution in [0.2, 0.25) is 0 Å². The third-order valence-corrected chi connectivity index (χ3v) is 4.15. The van der Waals surface area contributed by atoms with Gasteiger partial charge in [-0.3, -0.25) is 9.69 Å². The summed E-state index contributed by atoms with van der Waals surface area (Å²) in [5, 5.41) is 9.19. The Morgan fingerprint density at radius 2 is 2.25 bits per heavy atom. The number of aryl methyl sites for hydroxylation is 1. The van der Waals surface area contributed by atoms with Gasteiger partial charge < -0.3 is 9.67 Å². The van der Waals surface area contributed by atoms with E-state index in [9.17, 15) is 9.90 Å². The van der Waals surface area contributed by atoms with E-state index in [1.165, 1.54) is 0 Å². The van der Waals surface area contributed by atoms with Gasteiger partial charge >= 0.3 is 5.97 Å². The molecule has 1 saturated heterocycles. The summed E-state index contributed by atoms with van der Waals surface area (Å²) in [5.41, 5.74) is 2.12. The lowest BCUT2D eigenvalue weighted by Crippen LogP contribution is -2.37. The Hall–Kier alpha value is -1.88. The molecule has 1 N–H and O–H groups in total. The molecule has 0 amide bonds. The predicted octanol–water partition coefficient (Wildman–Crippen LogP) is 1.66. The largest absolute Gasteiger partial charge is 0.480 e. The molecule has 0 bridgehead atoms. The molecule has 0 aliphatic carbocycles. The number of carboxylic acids is 1. The van der Waals surface area contributed by atoms with Crippen molar-refractivity contribution in [1.82, 2.24) is 14.5 Å². The van der Waals surface area contributed by atoms with Crippen LogP contribution in [0.5, 0.6) is 0 Å². The van der Waals surface area contributed by atoms with Gasteiger partial charge in [0.25, 0.3) is 0 Å². The van der Waals surface area contributed by atoms with Gasteiger partial charge in [0.2, 0.25) is 0 Å². The number of benzene rings is 1. The molecule has 3 rings (SSSR count). The molecule has 2 heterocycles. The van der Waals surface area contributed by atoms with Crippen LogP contribution >= 0.6 is 0 Å². The smallest absolute Gasteiger partial charge is 0.320 e. The lowest BCUT2D eigenvalue weighted by atomic mass is 10.2. The van der Waals surface area contributed by atoms with Gasteiger partial charge in [0.1, 0.15) is 11.9 Å². The molecule has 1 aliphatic rings. The van der Waals surface area contributed by atoms with Crippen molar-refractivity contribution in [2.75, 3.05) is 13.1 Å². The third kappa shape index (κ3) is 2.29. The van der Waals surface area contributed by atoms with E-state index in [0.717, 1.165) is 49.2 Å². The Morgan fingerprint density at radius 1 is 1.45 bits per heavy atom. The molecule has 5 heteroatoms. The maximum absolute atomic E-state index is 11.2. The van der Waals surface area contributed by atoms with Crippen LogP contribution < -0.4 is 0 Å².